The van der Waals surface area contributed by atoms with Crippen molar-refractivity contribution in [2.75, 3.05) is 19.6 Å². The van der Waals surface area contributed by atoms with Crippen LogP contribution in [0.5, 0.6) is 0 Å². The molecule has 1 fully saturated rings. The minimum Gasteiger partial charge on any atom is -0.361 e. The van der Waals surface area contributed by atoms with Crippen LogP contribution in [0.15, 0.2) is 54.6 Å². The second-order valence-electron chi connectivity index (χ2n) is 10.8. The molecule has 4 rings (SSSR count). The Morgan fingerprint density at radius 1 is 0.971 bits per heavy atom. The van der Waals surface area contributed by atoms with Crippen molar-refractivity contribution in [1.29, 1.82) is 0 Å². The minimum absolute atomic E-state index is 0.111. The lowest BCUT2D eigenvalue weighted by atomic mass is 9.94. The van der Waals surface area contributed by atoms with E-state index in [2.05, 4.69) is 80.3 Å². The number of likely N-dealkylation sites (tertiary alicyclic amines) is 1. The van der Waals surface area contributed by atoms with E-state index >= 15 is 0 Å². The van der Waals surface area contributed by atoms with Gasteiger partial charge in [0.25, 0.3) is 0 Å². The van der Waals surface area contributed by atoms with Crippen LogP contribution in [0.3, 0.4) is 0 Å². The van der Waals surface area contributed by atoms with Crippen LogP contribution in [0.4, 0.5) is 4.79 Å². The molecule has 2 aliphatic heterocycles. The van der Waals surface area contributed by atoms with E-state index in [1.165, 1.54) is 29.5 Å². The molecule has 0 spiro atoms. The van der Waals surface area contributed by atoms with Gasteiger partial charge < -0.3 is 20.9 Å². The van der Waals surface area contributed by atoms with Crippen molar-refractivity contribution in [3.8, 4) is 0 Å². The molecular weight excluding hydrogens is 454 g/mol. The van der Waals surface area contributed by atoms with Gasteiger partial charge in [-0.2, -0.15) is 0 Å². The van der Waals surface area contributed by atoms with E-state index in [4.69, 9.17) is 12.2 Å². The van der Waals surface area contributed by atoms with Gasteiger partial charge in [-0.05, 0) is 75.5 Å². The molecule has 0 aromatic heterocycles. The van der Waals surface area contributed by atoms with Crippen LogP contribution in [0.1, 0.15) is 50.3 Å². The third-order valence-electron chi connectivity index (χ3n) is 6.82. The van der Waals surface area contributed by atoms with Gasteiger partial charge >= 0.3 is 6.03 Å². The molecule has 0 aliphatic carbocycles. The second-order valence-corrected chi connectivity index (χ2v) is 11.2. The number of fused-ring (bicyclic) bond motifs is 1. The fourth-order valence-electron chi connectivity index (χ4n) is 5.06. The number of nitrogens with one attached hydrogen (secondary N) is 3. The molecule has 0 radical (unpaired) electrons. The van der Waals surface area contributed by atoms with E-state index in [0.717, 1.165) is 37.7 Å². The number of hydrogen-bond acceptors (Lipinski definition) is 3. The molecule has 0 unspecified atom stereocenters. The standard InChI is InChI=1S/C28H39N5OS/c1-28(2,3)31-26(34)29-18-25-16-22-12-7-8-13-23(22)20-33(25)27(35)30-17-24-14-9-15-32(24)19-21-10-5-4-6-11-21/h4-8,10-13,24-25H,9,14-20H2,1-3H3,(H,30,35)(H2,29,31,34)/t24-,25+/m1/s1. The second kappa shape index (κ2) is 11.4. The van der Waals surface area contributed by atoms with Crippen LogP contribution < -0.4 is 16.0 Å². The molecule has 6 nitrogen and oxygen atoms in total. The van der Waals surface area contributed by atoms with Gasteiger partial charge in [-0.25, -0.2) is 4.79 Å². The number of carbonyl (C=O) groups excluding carboxylic acids is 1. The molecule has 7 heteroatoms. The van der Waals surface area contributed by atoms with Crippen LogP contribution in [0.2, 0.25) is 0 Å². The van der Waals surface area contributed by atoms with Gasteiger partial charge in [0, 0.05) is 37.8 Å². The maximum Gasteiger partial charge on any atom is 0.315 e. The summed E-state index contributed by atoms with van der Waals surface area (Å²) in [7, 11) is 0. The summed E-state index contributed by atoms with van der Waals surface area (Å²) in [6.45, 7) is 10.2. The highest BCUT2D eigenvalue weighted by Gasteiger charge is 2.30. The van der Waals surface area contributed by atoms with Crippen LogP contribution in [-0.2, 0) is 19.5 Å². The molecule has 2 heterocycles. The Kier molecular flexibility index (Phi) is 8.29. The number of thiocarbonyl (C=S) groups is 1. The summed E-state index contributed by atoms with van der Waals surface area (Å²) in [5.74, 6) is 0. The van der Waals surface area contributed by atoms with Crippen LogP contribution in [-0.4, -0.2) is 58.2 Å². The first-order chi connectivity index (χ1) is 16.8. The quantitative estimate of drug-likeness (QED) is 0.530. The number of urea groups is 1. The Balaban J connectivity index is 1.37. The summed E-state index contributed by atoms with van der Waals surface area (Å²) in [5.41, 5.74) is 3.72. The molecule has 35 heavy (non-hydrogen) atoms. The van der Waals surface area contributed by atoms with E-state index in [9.17, 15) is 4.79 Å². The zero-order valence-corrected chi connectivity index (χ0v) is 22.0. The molecule has 0 bridgehead atoms. The SMILES string of the molecule is CC(C)(C)NC(=O)NC[C@@H]1Cc2ccccc2CN1C(=S)NC[C@H]1CCCN1Cc1ccccc1. The van der Waals surface area contributed by atoms with Crippen molar-refractivity contribution in [2.45, 2.75) is 70.7 Å². The summed E-state index contributed by atoms with van der Waals surface area (Å²) in [6, 6.07) is 19.7. The van der Waals surface area contributed by atoms with Gasteiger partial charge in [0.1, 0.15) is 0 Å². The minimum atomic E-state index is -0.271. The topological polar surface area (TPSA) is 59.6 Å². The number of carbonyl (C=O) groups is 1. The Hall–Kier alpha value is -2.64. The monoisotopic (exact) mass is 493 g/mol. The lowest BCUT2D eigenvalue weighted by molar-refractivity contribution is 0.220. The molecule has 2 atom stereocenters. The van der Waals surface area contributed by atoms with Crippen molar-refractivity contribution in [3.63, 3.8) is 0 Å². The molecule has 2 aromatic carbocycles. The fraction of sp³-hybridized carbons (Fsp3) is 0.500. The van der Waals surface area contributed by atoms with Gasteiger partial charge in [-0.3, -0.25) is 4.90 Å². The normalized spacial score (nSPS) is 20.3. The van der Waals surface area contributed by atoms with Crippen LogP contribution in [0, 0.1) is 0 Å². The maximum absolute atomic E-state index is 12.4. The molecule has 2 aliphatic rings. The number of amides is 2. The van der Waals surface area contributed by atoms with Crippen molar-refractivity contribution in [3.05, 3.63) is 71.3 Å². The highest BCUT2D eigenvalue weighted by atomic mass is 32.1. The molecular formula is C28H39N5OS. The molecule has 2 amide bonds. The summed E-state index contributed by atoms with van der Waals surface area (Å²) in [4.78, 5) is 17.2. The number of rotatable bonds is 6. The van der Waals surface area contributed by atoms with Gasteiger partial charge in [-0.15, -0.1) is 0 Å². The van der Waals surface area contributed by atoms with Crippen molar-refractivity contribution < 1.29 is 4.79 Å². The average molecular weight is 494 g/mol. The molecule has 188 valence electrons. The van der Waals surface area contributed by atoms with Crippen molar-refractivity contribution in [1.82, 2.24) is 25.8 Å². The Labute approximate surface area is 215 Å². The van der Waals surface area contributed by atoms with E-state index in [1.54, 1.807) is 0 Å². The molecule has 0 saturated carbocycles. The van der Waals surface area contributed by atoms with Crippen molar-refractivity contribution in [2.24, 2.45) is 0 Å². The van der Waals surface area contributed by atoms with Crippen LogP contribution in [0.25, 0.3) is 0 Å². The summed E-state index contributed by atoms with van der Waals surface area (Å²) in [5, 5.41) is 10.4. The van der Waals surface area contributed by atoms with Gasteiger partial charge in [0.2, 0.25) is 0 Å². The first-order valence-corrected chi connectivity index (χ1v) is 13.1. The zero-order valence-electron chi connectivity index (χ0n) is 21.2. The molecule has 1 saturated heterocycles. The first-order valence-electron chi connectivity index (χ1n) is 12.7. The first kappa shape index (κ1) is 25.5. The van der Waals surface area contributed by atoms with Gasteiger partial charge in [-0.1, -0.05) is 54.6 Å². The lowest BCUT2D eigenvalue weighted by Crippen LogP contribution is -2.56. The smallest absolute Gasteiger partial charge is 0.315 e. The average Bonchev–Trinajstić information content (AvgIpc) is 3.27. The van der Waals surface area contributed by atoms with Crippen LogP contribution >= 0.6 is 12.2 Å². The zero-order chi connectivity index (χ0) is 24.8. The highest BCUT2D eigenvalue weighted by molar-refractivity contribution is 7.80. The Morgan fingerprint density at radius 3 is 2.40 bits per heavy atom. The predicted molar refractivity (Wildman–Crippen MR) is 146 cm³/mol. The number of nitrogens with zero attached hydrogens (tertiary/aromatic N) is 2. The Bertz CT molecular complexity index is 1010. The predicted octanol–water partition coefficient (Wildman–Crippen LogP) is 4.05. The number of hydrogen-bond donors (Lipinski definition) is 3. The summed E-state index contributed by atoms with van der Waals surface area (Å²) < 4.78 is 0. The largest absolute Gasteiger partial charge is 0.361 e. The number of benzene rings is 2. The highest BCUT2D eigenvalue weighted by Crippen LogP contribution is 2.24. The van der Waals surface area contributed by atoms with Crippen molar-refractivity contribution >= 4 is 23.4 Å². The third kappa shape index (κ3) is 7.18. The molecule has 3 N–H and O–H groups in total. The van der Waals surface area contributed by atoms with Gasteiger partial charge in [0.05, 0.1) is 6.04 Å². The van der Waals surface area contributed by atoms with E-state index in [1.807, 2.05) is 20.8 Å². The van der Waals surface area contributed by atoms with E-state index < -0.39 is 0 Å². The molecule has 2 aromatic rings. The Morgan fingerprint density at radius 2 is 1.66 bits per heavy atom. The fourth-order valence-corrected chi connectivity index (χ4v) is 5.36. The summed E-state index contributed by atoms with van der Waals surface area (Å²) in [6.07, 6.45) is 3.26. The maximum atomic E-state index is 12.4. The summed E-state index contributed by atoms with van der Waals surface area (Å²) >= 11 is 5.92. The lowest BCUT2D eigenvalue weighted by Gasteiger charge is -2.39. The van der Waals surface area contributed by atoms with E-state index in [-0.39, 0.29) is 17.6 Å². The third-order valence-corrected chi connectivity index (χ3v) is 7.20. The van der Waals surface area contributed by atoms with E-state index in [0.29, 0.717) is 12.6 Å². The van der Waals surface area contributed by atoms with Gasteiger partial charge in [0.15, 0.2) is 5.11 Å².